The van der Waals surface area contributed by atoms with Crippen molar-refractivity contribution in [1.82, 2.24) is 14.9 Å². The predicted molar refractivity (Wildman–Crippen MR) is 172 cm³/mol. The van der Waals surface area contributed by atoms with Gasteiger partial charge >= 0.3 is 6.09 Å². The quantitative estimate of drug-likeness (QED) is 0.205. The number of ether oxygens (including phenoxy) is 2. The van der Waals surface area contributed by atoms with E-state index >= 15 is 0 Å². The van der Waals surface area contributed by atoms with Crippen molar-refractivity contribution in [3.63, 3.8) is 0 Å². The van der Waals surface area contributed by atoms with Crippen LogP contribution in [0.4, 0.5) is 45.0 Å². The number of hydrogen-bond donors (Lipinski definition) is 3. The molecule has 0 spiro atoms. The Morgan fingerprint density at radius 2 is 1.78 bits per heavy atom. The number of carbonyl (C=O) groups is 1. The molecule has 0 bridgehead atoms. The average molecular weight is 663 g/mol. The number of nitro groups is 1. The van der Waals surface area contributed by atoms with Crippen LogP contribution in [0.15, 0.2) is 41.4 Å². The van der Waals surface area contributed by atoms with Crippen LogP contribution in [0.5, 0.6) is 5.75 Å². The van der Waals surface area contributed by atoms with E-state index in [4.69, 9.17) is 21.1 Å². The molecule has 0 aliphatic carbocycles. The number of likely N-dealkylation sites (N-methyl/N-ethyl adjacent to an activating group) is 1. The standard InChI is InChI=1S/C28H35ClN8O7S/c1-28(2,3)44-27(38)31-17-7-8-24(45(6,41)42)20(13-17)32-25-18(29)16-30-26(34-25)33-19-14-22(37(39)40)21(15-23(19)43-5)36-11-9-35(4)10-12-36/h7-8,13-16H,9-12H2,1-6H3,(H,31,38)(H2,30,32,33,34). The molecule has 0 saturated carbocycles. The molecule has 1 saturated heterocycles. The van der Waals surface area contributed by atoms with Gasteiger partial charge in [-0.2, -0.15) is 4.98 Å². The van der Waals surface area contributed by atoms with Gasteiger partial charge in [0, 0.05) is 50.3 Å². The molecule has 0 unspecified atom stereocenters. The van der Waals surface area contributed by atoms with E-state index in [1.165, 1.54) is 37.6 Å². The maximum Gasteiger partial charge on any atom is 0.412 e. The summed E-state index contributed by atoms with van der Waals surface area (Å²) in [5.74, 6) is 0.338. The lowest BCUT2D eigenvalue weighted by atomic mass is 10.1. The first-order valence-electron chi connectivity index (χ1n) is 13.7. The number of carbonyl (C=O) groups excluding carboxylic acids is 1. The van der Waals surface area contributed by atoms with Crippen molar-refractivity contribution in [3.8, 4) is 5.75 Å². The Kier molecular flexibility index (Phi) is 9.89. The number of sulfone groups is 1. The third-order valence-electron chi connectivity index (χ3n) is 6.61. The zero-order valence-corrected chi connectivity index (χ0v) is 27.2. The molecule has 0 atom stereocenters. The number of nitrogens with one attached hydrogen (secondary N) is 3. The molecular formula is C28H35ClN8O7S. The maximum atomic E-state index is 12.6. The second-order valence-electron chi connectivity index (χ2n) is 11.3. The van der Waals surface area contributed by atoms with Crippen LogP contribution >= 0.6 is 11.6 Å². The normalized spacial score (nSPS) is 14.1. The highest BCUT2D eigenvalue weighted by molar-refractivity contribution is 7.90. The summed E-state index contributed by atoms with van der Waals surface area (Å²) in [6.45, 7) is 7.89. The molecule has 1 fully saturated rings. The van der Waals surface area contributed by atoms with E-state index in [0.29, 0.717) is 24.5 Å². The van der Waals surface area contributed by atoms with Crippen molar-refractivity contribution < 1.29 is 27.6 Å². The summed E-state index contributed by atoms with van der Waals surface area (Å²) < 4.78 is 36.0. The Balaban J connectivity index is 1.66. The Morgan fingerprint density at radius 1 is 1.09 bits per heavy atom. The van der Waals surface area contributed by atoms with Crippen LogP contribution in [-0.2, 0) is 14.6 Å². The van der Waals surface area contributed by atoms with Gasteiger partial charge in [-0.15, -0.1) is 0 Å². The number of methoxy groups -OCH3 is 1. The largest absolute Gasteiger partial charge is 0.494 e. The van der Waals surface area contributed by atoms with Gasteiger partial charge in [-0.25, -0.2) is 18.2 Å². The first-order valence-corrected chi connectivity index (χ1v) is 16.0. The second kappa shape index (κ2) is 13.3. The lowest BCUT2D eigenvalue weighted by Crippen LogP contribution is -2.44. The third kappa shape index (κ3) is 8.61. The fourth-order valence-corrected chi connectivity index (χ4v) is 5.45. The smallest absolute Gasteiger partial charge is 0.412 e. The van der Waals surface area contributed by atoms with Crippen molar-refractivity contribution in [2.24, 2.45) is 0 Å². The van der Waals surface area contributed by atoms with E-state index < -0.39 is 26.5 Å². The molecular weight excluding hydrogens is 628 g/mol. The SMILES string of the molecule is COc1cc(N2CCN(C)CC2)c([N+](=O)[O-])cc1Nc1ncc(Cl)c(Nc2cc(NC(=O)OC(C)(C)C)ccc2S(C)(=O)=O)n1. The van der Waals surface area contributed by atoms with E-state index in [2.05, 4.69) is 30.8 Å². The molecule has 1 aromatic heterocycles. The van der Waals surface area contributed by atoms with Gasteiger partial charge in [0.1, 0.15) is 22.1 Å². The number of nitrogens with zero attached hydrogens (tertiary/aromatic N) is 5. The number of rotatable bonds is 9. The highest BCUT2D eigenvalue weighted by atomic mass is 35.5. The topological polar surface area (TPSA) is 181 Å². The molecule has 1 aliphatic rings. The first-order chi connectivity index (χ1) is 21.0. The van der Waals surface area contributed by atoms with Crippen molar-refractivity contribution in [1.29, 1.82) is 0 Å². The molecule has 1 amide bonds. The van der Waals surface area contributed by atoms with Gasteiger partial charge in [0.2, 0.25) is 5.95 Å². The van der Waals surface area contributed by atoms with E-state index in [9.17, 15) is 23.3 Å². The molecule has 17 heteroatoms. The second-order valence-corrected chi connectivity index (χ2v) is 13.7. The van der Waals surface area contributed by atoms with Gasteiger partial charge in [0.05, 0.1) is 34.5 Å². The van der Waals surface area contributed by atoms with E-state index in [1.807, 2.05) is 11.9 Å². The molecule has 15 nitrogen and oxygen atoms in total. The van der Waals surface area contributed by atoms with Gasteiger partial charge in [-0.1, -0.05) is 11.6 Å². The van der Waals surface area contributed by atoms with Crippen LogP contribution in [0, 0.1) is 10.1 Å². The predicted octanol–water partition coefficient (Wildman–Crippen LogP) is 5.04. The lowest BCUT2D eigenvalue weighted by Gasteiger charge is -2.34. The van der Waals surface area contributed by atoms with Crippen LogP contribution < -0.4 is 25.6 Å². The Morgan fingerprint density at radius 3 is 2.38 bits per heavy atom. The summed E-state index contributed by atoms with van der Waals surface area (Å²) in [5.41, 5.74) is 0.118. The van der Waals surface area contributed by atoms with Crippen molar-refractivity contribution in [3.05, 3.63) is 51.7 Å². The highest BCUT2D eigenvalue weighted by Gasteiger charge is 2.26. The molecule has 242 valence electrons. The fourth-order valence-electron chi connectivity index (χ4n) is 4.48. The minimum absolute atomic E-state index is 0.00853. The number of anilines is 6. The van der Waals surface area contributed by atoms with Gasteiger partial charge in [0.25, 0.3) is 5.69 Å². The minimum Gasteiger partial charge on any atom is -0.494 e. The van der Waals surface area contributed by atoms with Crippen LogP contribution in [-0.4, -0.2) is 86.5 Å². The van der Waals surface area contributed by atoms with Crippen LogP contribution in [0.25, 0.3) is 0 Å². The first kappa shape index (κ1) is 33.5. The van der Waals surface area contributed by atoms with Crippen molar-refractivity contribution in [2.45, 2.75) is 31.3 Å². The van der Waals surface area contributed by atoms with Crippen LogP contribution in [0.1, 0.15) is 20.8 Å². The third-order valence-corrected chi connectivity index (χ3v) is 8.04. The van der Waals surface area contributed by atoms with Gasteiger partial charge in [0.15, 0.2) is 15.7 Å². The molecule has 1 aliphatic heterocycles. The molecule has 2 heterocycles. The minimum atomic E-state index is -3.73. The highest BCUT2D eigenvalue weighted by Crippen LogP contribution is 2.40. The van der Waals surface area contributed by atoms with Gasteiger partial charge in [-0.05, 0) is 46.0 Å². The summed E-state index contributed by atoms with van der Waals surface area (Å²) in [7, 11) is -0.294. The Bertz CT molecular complexity index is 1710. The number of piperazine rings is 1. The molecule has 2 aromatic carbocycles. The summed E-state index contributed by atoms with van der Waals surface area (Å²) in [6.07, 6.45) is 1.59. The summed E-state index contributed by atoms with van der Waals surface area (Å²) in [6, 6.07) is 7.10. The zero-order valence-electron chi connectivity index (χ0n) is 25.7. The number of aromatic nitrogens is 2. The monoisotopic (exact) mass is 662 g/mol. The number of hydrogen-bond acceptors (Lipinski definition) is 13. The van der Waals surface area contributed by atoms with Gasteiger partial charge < -0.3 is 29.9 Å². The summed E-state index contributed by atoms with van der Waals surface area (Å²) >= 11 is 6.38. The van der Waals surface area contributed by atoms with Crippen LogP contribution in [0.3, 0.4) is 0 Å². The zero-order chi connectivity index (χ0) is 33.1. The Hall–Kier alpha value is -4.41. The van der Waals surface area contributed by atoms with Gasteiger partial charge in [-0.3, -0.25) is 15.4 Å². The summed E-state index contributed by atoms with van der Waals surface area (Å²) in [5, 5.41) is 20.5. The molecule has 4 rings (SSSR count). The number of nitro benzene ring substituents is 1. The summed E-state index contributed by atoms with van der Waals surface area (Å²) in [4.78, 5) is 36.5. The lowest BCUT2D eigenvalue weighted by molar-refractivity contribution is -0.384. The van der Waals surface area contributed by atoms with Crippen LogP contribution in [0.2, 0.25) is 5.02 Å². The molecule has 3 aromatic rings. The maximum absolute atomic E-state index is 12.6. The average Bonchev–Trinajstić information content (AvgIpc) is 2.93. The van der Waals surface area contributed by atoms with E-state index in [0.717, 1.165) is 19.3 Å². The Labute approximate surface area is 265 Å². The molecule has 45 heavy (non-hydrogen) atoms. The van der Waals surface area contributed by atoms with Crippen molar-refractivity contribution in [2.75, 3.05) is 67.4 Å². The number of amides is 1. The molecule has 0 radical (unpaired) electrons. The fraction of sp³-hybridized carbons (Fsp3) is 0.393. The number of benzene rings is 2. The molecule has 3 N–H and O–H groups in total. The van der Waals surface area contributed by atoms with Crippen molar-refractivity contribution >= 4 is 67.7 Å². The number of halogens is 1. The van der Waals surface area contributed by atoms with E-state index in [-0.39, 0.29) is 44.4 Å². The van der Waals surface area contributed by atoms with E-state index in [1.54, 1.807) is 26.8 Å².